The van der Waals surface area contributed by atoms with Crippen LogP contribution in [-0.4, -0.2) is 68.9 Å². The zero-order valence-electron chi connectivity index (χ0n) is 18.2. The van der Waals surface area contributed by atoms with Crippen LogP contribution in [0.15, 0.2) is 18.2 Å². The van der Waals surface area contributed by atoms with E-state index in [0.29, 0.717) is 30.2 Å². The van der Waals surface area contributed by atoms with Crippen LogP contribution in [0.3, 0.4) is 0 Å². The third-order valence-corrected chi connectivity index (χ3v) is 4.90. The number of hydrogen-bond donors (Lipinski definition) is 3. The molecular weight excluding hydrogens is 372 g/mol. The van der Waals surface area contributed by atoms with Crippen molar-refractivity contribution in [1.29, 1.82) is 0 Å². The molecule has 162 valence electrons. The lowest BCUT2D eigenvalue weighted by Gasteiger charge is -2.30. The van der Waals surface area contributed by atoms with E-state index in [1.54, 1.807) is 37.3 Å². The molecule has 1 aliphatic heterocycles. The number of hydrogen-bond acceptors (Lipinski definition) is 5. The van der Waals surface area contributed by atoms with E-state index in [-0.39, 0.29) is 36.0 Å². The highest BCUT2D eigenvalue weighted by Crippen LogP contribution is 2.26. The van der Waals surface area contributed by atoms with Gasteiger partial charge in [-0.15, -0.1) is 0 Å². The van der Waals surface area contributed by atoms with Crippen molar-refractivity contribution in [3.63, 3.8) is 0 Å². The van der Waals surface area contributed by atoms with Crippen molar-refractivity contribution in [2.75, 3.05) is 39.2 Å². The van der Waals surface area contributed by atoms with Crippen LogP contribution in [0.2, 0.25) is 0 Å². The summed E-state index contributed by atoms with van der Waals surface area (Å²) in [5.41, 5.74) is 1.02. The molecule has 0 unspecified atom stereocenters. The summed E-state index contributed by atoms with van der Waals surface area (Å²) < 4.78 is 11.6. The number of urea groups is 1. The Hall–Kier alpha value is -2.32. The molecule has 1 heterocycles. The van der Waals surface area contributed by atoms with Crippen LogP contribution in [0.5, 0.6) is 5.75 Å². The van der Waals surface area contributed by atoms with Gasteiger partial charge in [0.1, 0.15) is 12.4 Å². The fourth-order valence-corrected chi connectivity index (χ4v) is 3.16. The Morgan fingerprint density at radius 3 is 2.72 bits per heavy atom. The Bertz CT molecular complexity index is 710. The Morgan fingerprint density at radius 2 is 2.07 bits per heavy atom. The molecule has 0 radical (unpaired) electrons. The van der Waals surface area contributed by atoms with Crippen LogP contribution in [0.4, 0.5) is 10.5 Å². The van der Waals surface area contributed by atoms with Crippen LogP contribution < -0.4 is 20.7 Å². The summed E-state index contributed by atoms with van der Waals surface area (Å²) in [6.45, 7) is 9.54. The molecule has 0 bridgehead atoms. The Morgan fingerprint density at radius 1 is 1.34 bits per heavy atom. The van der Waals surface area contributed by atoms with Crippen molar-refractivity contribution in [3.8, 4) is 5.75 Å². The van der Waals surface area contributed by atoms with E-state index < -0.39 is 0 Å². The molecule has 0 aliphatic carbocycles. The lowest BCUT2D eigenvalue weighted by molar-refractivity contribution is 0.0281. The number of methoxy groups -OCH3 is 1. The van der Waals surface area contributed by atoms with Gasteiger partial charge in [0.25, 0.3) is 5.91 Å². The molecule has 8 heteroatoms. The number of benzene rings is 1. The molecule has 0 spiro atoms. The quantitative estimate of drug-likeness (QED) is 0.716. The zero-order valence-corrected chi connectivity index (χ0v) is 18.2. The number of likely N-dealkylation sites (N-methyl/N-ethyl adjacent to an activating group) is 1. The molecular formula is C21H34N4O4. The van der Waals surface area contributed by atoms with Crippen molar-refractivity contribution in [1.82, 2.24) is 15.5 Å². The summed E-state index contributed by atoms with van der Waals surface area (Å²) in [5.74, 6) is 0.539. The number of nitrogens with zero attached hydrogens (tertiary/aromatic N) is 1. The van der Waals surface area contributed by atoms with Crippen molar-refractivity contribution in [2.24, 2.45) is 5.92 Å². The summed E-state index contributed by atoms with van der Waals surface area (Å²) in [6.07, 6.45) is -0.0758. The number of ether oxygens (including phenoxy) is 2. The van der Waals surface area contributed by atoms with E-state index in [1.807, 2.05) is 20.8 Å². The van der Waals surface area contributed by atoms with Gasteiger partial charge in [-0.2, -0.15) is 0 Å². The molecule has 3 amide bonds. The number of anilines is 1. The standard InChI is InChI=1S/C21H34N4O4/c1-13(2)23-21(27)24-16-7-8-17-18(9-16)29-12-15(4)22-10-14(3)19(28-6)11-25(5)20(17)26/h7-9,13-15,19,22H,10-12H2,1-6H3,(H2,23,24,27)/t14-,15-,19+/m1/s1. The van der Waals surface area contributed by atoms with E-state index in [4.69, 9.17) is 9.47 Å². The Labute approximate surface area is 173 Å². The molecule has 8 nitrogen and oxygen atoms in total. The zero-order chi connectivity index (χ0) is 21.6. The highest BCUT2D eigenvalue weighted by molar-refractivity contribution is 5.98. The second-order valence-corrected chi connectivity index (χ2v) is 8.02. The first-order valence-electron chi connectivity index (χ1n) is 10.1. The van der Waals surface area contributed by atoms with Gasteiger partial charge in [0, 0.05) is 51.1 Å². The first-order valence-corrected chi connectivity index (χ1v) is 10.1. The van der Waals surface area contributed by atoms with Crippen LogP contribution in [0.25, 0.3) is 0 Å². The number of rotatable bonds is 3. The van der Waals surface area contributed by atoms with Gasteiger partial charge in [-0.1, -0.05) is 6.92 Å². The lowest BCUT2D eigenvalue weighted by Crippen LogP contribution is -2.44. The number of carbonyl (C=O) groups excluding carboxylic acids is 2. The third kappa shape index (κ3) is 6.61. The van der Waals surface area contributed by atoms with Crippen molar-refractivity contribution in [3.05, 3.63) is 23.8 Å². The third-order valence-electron chi connectivity index (χ3n) is 4.90. The minimum atomic E-state index is -0.302. The van der Waals surface area contributed by atoms with Crippen LogP contribution >= 0.6 is 0 Å². The van der Waals surface area contributed by atoms with Gasteiger partial charge in [0.15, 0.2) is 0 Å². The first-order chi connectivity index (χ1) is 13.7. The van der Waals surface area contributed by atoms with E-state index >= 15 is 0 Å². The molecule has 0 saturated heterocycles. The topological polar surface area (TPSA) is 91.9 Å². The number of fused-ring (bicyclic) bond motifs is 1. The smallest absolute Gasteiger partial charge is 0.319 e. The fourth-order valence-electron chi connectivity index (χ4n) is 3.16. The number of nitrogens with one attached hydrogen (secondary N) is 3. The second-order valence-electron chi connectivity index (χ2n) is 8.02. The van der Waals surface area contributed by atoms with Crippen molar-refractivity contribution in [2.45, 2.75) is 45.9 Å². The SMILES string of the molecule is CO[C@H]1CN(C)C(=O)c2ccc(NC(=O)NC(C)C)cc2OC[C@@H](C)NC[C@H]1C. The summed E-state index contributed by atoms with van der Waals surface area (Å²) in [6, 6.07) is 4.90. The van der Waals surface area contributed by atoms with Crippen LogP contribution in [-0.2, 0) is 4.74 Å². The summed E-state index contributed by atoms with van der Waals surface area (Å²) in [5, 5.41) is 9.01. The molecule has 1 aromatic rings. The Balaban J connectivity index is 2.29. The van der Waals surface area contributed by atoms with Gasteiger partial charge in [-0.25, -0.2) is 4.79 Å². The largest absolute Gasteiger partial charge is 0.491 e. The fraction of sp³-hybridized carbons (Fsp3) is 0.619. The van der Waals surface area contributed by atoms with Gasteiger partial charge < -0.3 is 30.3 Å². The molecule has 1 aliphatic rings. The molecule has 0 aromatic heterocycles. The highest BCUT2D eigenvalue weighted by atomic mass is 16.5. The highest BCUT2D eigenvalue weighted by Gasteiger charge is 2.25. The summed E-state index contributed by atoms with van der Waals surface area (Å²) >= 11 is 0. The summed E-state index contributed by atoms with van der Waals surface area (Å²) in [4.78, 5) is 26.7. The second kappa shape index (κ2) is 10.5. The van der Waals surface area contributed by atoms with Gasteiger partial charge in [-0.3, -0.25) is 4.79 Å². The average Bonchev–Trinajstić information content (AvgIpc) is 2.66. The minimum absolute atomic E-state index is 0.0220. The molecule has 3 N–H and O–H groups in total. The molecule has 3 atom stereocenters. The van der Waals surface area contributed by atoms with Gasteiger partial charge in [0.2, 0.25) is 0 Å². The molecule has 2 rings (SSSR count). The van der Waals surface area contributed by atoms with Crippen molar-refractivity contribution < 1.29 is 19.1 Å². The van der Waals surface area contributed by atoms with Crippen molar-refractivity contribution >= 4 is 17.6 Å². The van der Waals surface area contributed by atoms with E-state index in [0.717, 1.165) is 6.54 Å². The number of carbonyl (C=O) groups is 2. The minimum Gasteiger partial charge on any atom is -0.491 e. The van der Waals surface area contributed by atoms with Crippen LogP contribution in [0.1, 0.15) is 38.1 Å². The predicted octanol–water partition coefficient (Wildman–Crippen LogP) is 2.31. The van der Waals surface area contributed by atoms with Gasteiger partial charge in [-0.05, 0) is 38.8 Å². The average molecular weight is 407 g/mol. The first kappa shape index (κ1) is 23.0. The molecule has 29 heavy (non-hydrogen) atoms. The normalized spacial score (nSPS) is 23.5. The monoisotopic (exact) mass is 406 g/mol. The van der Waals surface area contributed by atoms with Gasteiger partial charge >= 0.3 is 6.03 Å². The lowest BCUT2D eigenvalue weighted by atomic mass is 10.0. The number of amides is 3. The summed E-state index contributed by atoms with van der Waals surface area (Å²) in [7, 11) is 3.43. The maximum Gasteiger partial charge on any atom is 0.319 e. The van der Waals surface area contributed by atoms with E-state index in [9.17, 15) is 9.59 Å². The molecule has 1 aromatic carbocycles. The van der Waals surface area contributed by atoms with Gasteiger partial charge in [0.05, 0.1) is 11.7 Å². The predicted molar refractivity (Wildman–Crippen MR) is 114 cm³/mol. The molecule has 0 fully saturated rings. The van der Waals surface area contributed by atoms with E-state index in [1.165, 1.54) is 0 Å². The maximum atomic E-state index is 13.1. The van der Waals surface area contributed by atoms with E-state index in [2.05, 4.69) is 22.9 Å². The molecule has 0 saturated carbocycles. The van der Waals surface area contributed by atoms with Crippen LogP contribution in [0, 0.1) is 5.92 Å². The maximum absolute atomic E-state index is 13.1. The Kier molecular flexibility index (Phi) is 8.28.